The van der Waals surface area contributed by atoms with Crippen molar-refractivity contribution in [2.24, 2.45) is 0 Å². The Morgan fingerprint density at radius 2 is 1.17 bits per heavy atom. The van der Waals surface area contributed by atoms with E-state index in [2.05, 4.69) is 122 Å². The molecule has 246 valence electrons. The quantitative estimate of drug-likeness (QED) is 0.151. The van der Waals surface area contributed by atoms with Crippen molar-refractivity contribution in [1.29, 1.82) is 0 Å². The maximum Gasteiger partial charge on any atom is 0.164 e. The van der Waals surface area contributed by atoms with Gasteiger partial charge in [-0.3, -0.25) is 0 Å². The first-order valence-corrected chi connectivity index (χ1v) is 17.5. The van der Waals surface area contributed by atoms with E-state index in [0.717, 1.165) is 61.6 Å². The Hall–Kier alpha value is -6.91. The zero-order valence-electron chi connectivity index (χ0n) is 28.4. The highest BCUT2D eigenvalue weighted by atomic mass is 16.3. The molecule has 52 heavy (non-hydrogen) atoms. The number of benzene rings is 7. The minimum absolute atomic E-state index is 0.593. The van der Waals surface area contributed by atoms with Gasteiger partial charge in [-0.2, -0.15) is 0 Å². The van der Waals surface area contributed by atoms with Gasteiger partial charge in [0.25, 0.3) is 0 Å². The van der Waals surface area contributed by atoms with E-state index >= 15 is 0 Å². The summed E-state index contributed by atoms with van der Waals surface area (Å²) >= 11 is 0. The van der Waals surface area contributed by atoms with Crippen molar-refractivity contribution in [3.63, 3.8) is 0 Å². The number of rotatable bonds is 8. The van der Waals surface area contributed by atoms with E-state index in [0.29, 0.717) is 17.5 Å². The minimum Gasteiger partial charge on any atom is -0.455 e. The van der Waals surface area contributed by atoms with E-state index in [1.165, 1.54) is 21.7 Å². The Kier molecular flexibility index (Phi) is 8.03. The van der Waals surface area contributed by atoms with Crippen LogP contribution in [0.2, 0.25) is 0 Å². The van der Waals surface area contributed by atoms with Crippen LogP contribution in [0.15, 0.2) is 187 Å². The lowest BCUT2D eigenvalue weighted by Crippen LogP contribution is -2.01. The van der Waals surface area contributed by atoms with E-state index < -0.39 is 0 Å². The molecule has 0 unspecified atom stereocenters. The second-order valence-corrected chi connectivity index (χ2v) is 12.8. The van der Waals surface area contributed by atoms with E-state index in [1.54, 1.807) is 6.08 Å². The summed E-state index contributed by atoms with van der Waals surface area (Å²) in [6.45, 7) is 3.76. The highest BCUT2D eigenvalue weighted by Crippen LogP contribution is 2.42. The Morgan fingerprint density at radius 3 is 2.02 bits per heavy atom. The van der Waals surface area contributed by atoms with E-state index in [4.69, 9.17) is 19.4 Å². The molecular formula is C48H33N3O. The van der Waals surface area contributed by atoms with E-state index in [9.17, 15) is 0 Å². The van der Waals surface area contributed by atoms with Crippen molar-refractivity contribution in [1.82, 2.24) is 15.0 Å². The monoisotopic (exact) mass is 667 g/mol. The summed E-state index contributed by atoms with van der Waals surface area (Å²) in [4.78, 5) is 15.5. The van der Waals surface area contributed by atoms with Gasteiger partial charge in [0.05, 0.1) is 0 Å². The summed E-state index contributed by atoms with van der Waals surface area (Å²) in [5.74, 6) is 1.83. The van der Waals surface area contributed by atoms with Crippen molar-refractivity contribution >= 4 is 43.5 Å². The molecule has 0 saturated heterocycles. The molecule has 2 heterocycles. The van der Waals surface area contributed by atoms with Crippen LogP contribution >= 0.6 is 0 Å². The molecule has 0 atom stereocenters. The molecule has 0 aliphatic carbocycles. The number of para-hydroxylation sites is 1. The molecule has 0 fully saturated rings. The highest BCUT2D eigenvalue weighted by Gasteiger charge is 2.21. The fourth-order valence-corrected chi connectivity index (χ4v) is 7.08. The average Bonchev–Trinajstić information content (AvgIpc) is 3.60. The molecule has 0 amide bonds. The van der Waals surface area contributed by atoms with Crippen LogP contribution in [0.5, 0.6) is 0 Å². The summed E-state index contributed by atoms with van der Waals surface area (Å²) in [5, 5.41) is 6.65. The van der Waals surface area contributed by atoms with E-state index in [1.807, 2.05) is 54.6 Å². The number of aromatic nitrogens is 3. The molecule has 9 rings (SSSR count). The Morgan fingerprint density at radius 1 is 0.500 bits per heavy atom. The third-order valence-electron chi connectivity index (χ3n) is 9.58. The largest absolute Gasteiger partial charge is 0.455 e. The molecule has 7 aromatic carbocycles. The maximum atomic E-state index is 6.68. The van der Waals surface area contributed by atoms with Crippen LogP contribution < -0.4 is 0 Å². The Bertz CT molecular complexity index is 2850. The third-order valence-corrected chi connectivity index (χ3v) is 9.58. The van der Waals surface area contributed by atoms with Crippen LogP contribution in [0.25, 0.3) is 88.8 Å². The number of fused-ring (bicyclic) bond motifs is 5. The number of nitrogens with zero attached hydrogens (tertiary/aromatic N) is 3. The summed E-state index contributed by atoms with van der Waals surface area (Å²) in [7, 11) is 0. The molecule has 2 aromatic heterocycles. The predicted octanol–water partition coefficient (Wildman–Crippen LogP) is 12.6. The molecule has 9 aromatic rings. The molecule has 0 spiro atoms. The topological polar surface area (TPSA) is 51.8 Å². The van der Waals surface area contributed by atoms with Crippen molar-refractivity contribution < 1.29 is 4.42 Å². The van der Waals surface area contributed by atoms with Gasteiger partial charge in [0.1, 0.15) is 11.2 Å². The van der Waals surface area contributed by atoms with Gasteiger partial charge in [-0.25, -0.2) is 15.0 Å². The fourth-order valence-electron chi connectivity index (χ4n) is 7.08. The molecule has 4 heteroatoms. The van der Waals surface area contributed by atoms with Gasteiger partial charge in [0.15, 0.2) is 17.5 Å². The summed E-state index contributed by atoms with van der Waals surface area (Å²) < 4.78 is 6.68. The predicted molar refractivity (Wildman–Crippen MR) is 216 cm³/mol. The summed E-state index contributed by atoms with van der Waals surface area (Å²) in [6, 6.07) is 50.4. The first-order chi connectivity index (χ1) is 25.7. The number of furan rings is 1. The number of allylic oxidation sites excluding steroid dienone is 5. The van der Waals surface area contributed by atoms with Crippen molar-refractivity contribution in [3.8, 4) is 45.3 Å². The van der Waals surface area contributed by atoms with Gasteiger partial charge in [-0.1, -0.05) is 158 Å². The van der Waals surface area contributed by atoms with E-state index in [-0.39, 0.29) is 0 Å². The Balaban J connectivity index is 1.26. The fraction of sp³-hybridized carbons (Fsp3) is 0.0208. The Labute approximate surface area is 301 Å². The summed E-state index contributed by atoms with van der Waals surface area (Å²) in [6.07, 6.45) is 10.7. The van der Waals surface area contributed by atoms with Crippen LogP contribution in [0.4, 0.5) is 0 Å². The molecule has 0 radical (unpaired) electrons. The lowest BCUT2D eigenvalue weighted by atomic mass is 9.96. The third kappa shape index (κ3) is 5.66. The van der Waals surface area contributed by atoms with Gasteiger partial charge >= 0.3 is 0 Å². The number of hydrogen-bond donors (Lipinski definition) is 0. The van der Waals surface area contributed by atoms with Crippen LogP contribution in [-0.4, -0.2) is 15.0 Å². The van der Waals surface area contributed by atoms with Gasteiger partial charge in [0, 0.05) is 33.0 Å². The second kappa shape index (κ2) is 13.4. The normalized spacial score (nSPS) is 11.8. The SMILES string of the molecule is C=C/C=C\C=C/Cc1ccc(-c2nc(-c3ccccc3)nc(-c3ccc(-c4ccc5ccccc5c4)c4oc5ccccc5c34)n2)c2ccccc12. The van der Waals surface area contributed by atoms with Crippen LogP contribution in [-0.2, 0) is 6.42 Å². The van der Waals surface area contributed by atoms with Crippen molar-refractivity contribution in [2.75, 3.05) is 0 Å². The van der Waals surface area contributed by atoms with Crippen molar-refractivity contribution in [3.05, 3.63) is 188 Å². The lowest BCUT2D eigenvalue weighted by Gasteiger charge is -2.13. The molecule has 0 aliphatic rings. The smallest absolute Gasteiger partial charge is 0.164 e. The molecule has 0 N–H and O–H groups in total. The number of hydrogen-bond acceptors (Lipinski definition) is 4. The molecule has 0 saturated carbocycles. The second-order valence-electron chi connectivity index (χ2n) is 12.8. The van der Waals surface area contributed by atoms with Crippen molar-refractivity contribution in [2.45, 2.75) is 6.42 Å². The molecule has 0 aliphatic heterocycles. The molecular weight excluding hydrogens is 635 g/mol. The highest BCUT2D eigenvalue weighted by molar-refractivity contribution is 6.16. The van der Waals surface area contributed by atoms with Crippen LogP contribution in [0, 0.1) is 0 Å². The van der Waals surface area contributed by atoms with Gasteiger partial charge in [0.2, 0.25) is 0 Å². The first-order valence-electron chi connectivity index (χ1n) is 17.5. The maximum absolute atomic E-state index is 6.68. The standard InChI is InChI=1S/C48H33N3O/c1-2-3-4-5-7-17-33-27-28-40(39-22-13-12-21-37(33)39)47-49-46(34-18-8-6-9-19-34)50-48(51-47)42-30-29-38(36-26-25-32-16-10-11-20-35(32)31-36)45-44(42)41-23-14-15-24-43(41)52-45/h2-16,18-31H,1,17H2/b4-3-,7-5-. The first kappa shape index (κ1) is 31.1. The van der Waals surface area contributed by atoms with Gasteiger partial charge < -0.3 is 4.42 Å². The zero-order valence-corrected chi connectivity index (χ0v) is 28.4. The van der Waals surface area contributed by atoms with Gasteiger partial charge in [-0.05, 0) is 63.4 Å². The molecule has 4 nitrogen and oxygen atoms in total. The summed E-state index contributed by atoms with van der Waals surface area (Å²) in [5.41, 5.74) is 7.75. The van der Waals surface area contributed by atoms with Gasteiger partial charge in [-0.15, -0.1) is 0 Å². The average molecular weight is 668 g/mol. The van der Waals surface area contributed by atoms with Crippen LogP contribution in [0.3, 0.4) is 0 Å². The zero-order chi connectivity index (χ0) is 34.9. The lowest BCUT2D eigenvalue weighted by molar-refractivity contribution is 0.670. The van der Waals surface area contributed by atoms with Crippen LogP contribution in [0.1, 0.15) is 5.56 Å². The molecule has 0 bridgehead atoms. The minimum atomic E-state index is 0.593.